The summed E-state index contributed by atoms with van der Waals surface area (Å²) >= 11 is 0. The summed E-state index contributed by atoms with van der Waals surface area (Å²) < 4.78 is 17.3. The van der Waals surface area contributed by atoms with Gasteiger partial charge in [-0.2, -0.15) is 0 Å². The number of rotatable bonds is 2. The van der Waals surface area contributed by atoms with Crippen molar-refractivity contribution in [2.24, 2.45) is 0 Å². The number of piperazine rings is 1. The number of carbonyl (C=O) groups excluding carboxylic acids is 2. The Hall–Kier alpha value is -3.22. The van der Waals surface area contributed by atoms with Gasteiger partial charge in [-0.25, -0.2) is 0 Å². The number of nitrogens with zero attached hydrogens (tertiary/aromatic N) is 2. The van der Waals surface area contributed by atoms with Gasteiger partial charge in [-0.15, -0.1) is 0 Å². The number of hydrogen-bond acceptors (Lipinski definition) is 5. The molecule has 2 amide bonds. The normalized spacial score (nSPS) is 22.6. The number of para-hydroxylation sites is 3. The molecule has 3 heterocycles. The van der Waals surface area contributed by atoms with Gasteiger partial charge in [0, 0.05) is 32.6 Å². The van der Waals surface area contributed by atoms with E-state index in [1.807, 2.05) is 42.5 Å². The minimum absolute atomic E-state index is 0.0144. The number of ether oxygens (including phenoxy) is 3. The maximum Gasteiger partial charge on any atom is 0.267 e. The van der Waals surface area contributed by atoms with Crippen molar-refractivity contribution in [3.05, 3.63) is 54.1 Å². The molecule has 1 saturated heterocycles. The van der Waals surface area contributed by atoms with E-state index in [1.165, 1.54) is 0 Å². The summed E-state index contributed by atoms with van der Waals surface area (Å²) in [5, 5.41) is 0. The van der Waals surface area contributed by atoms with Crippen molar-refractivity contribution < 1.29 is 23.8 Å². The van der Waals surface area contributed by atoms with Crippen LogP contribution in [0.5, 0.6) is 17.2 Å². The molecule has 0 spiro atoms. The molecule has 0 aromatic heterocycles. The lowest BCUT2D eigenvalue weighted by Crippen LogP contribution is -2.56. The van der Waals surface area contributed by atoms with Gasteiger partial charge in [0.1, 0.15) is 12.4 Å². The molecule has 0 N–H and O–H groups in total. The van der Waals surface area contributed by atoms with E-state index in [0.717, 1.165) is 11.3 Å². The molecule has 0 aliphatic carbocycles. The fourth-order valence-corrected chi connectivity index (χ4v) is 4.02. The van der Waals surface area contributed by atoms with Gasteiger partial charge in [-0.1, -0.05) is 30.3 Å². The minimum atomic E-state index is -0.653. The molecule has 2 aromatic carbocycles. The molecule has 2 aromatic rings. The highest BCUT2D eigenvalue weighted by Crippen LogP contribution is 2.32. The maximum atomic E-state index is 12.8. The van der Waals surface area contributed by atoms with E-state index in [2.05, 4.69) is 0 Å². The van der Waals surface area contributed by atoms with Crippen molar-refractivity contribution in [3.8, 4) is 17.2 Å². The molecule has 3 aliphatic heterocycles. The predicted octanol–water partition coefficient (Wildman–Crippen LogP) is 1.50. The summed E-state index contributed by atoms with van der Waals surface area (Å²) in [7, 11) is 0. The third-order valence-corrected chi connectivity index (χ3v) is 5.61. The highest BCUT2D eigenvalue weighted by molar-refractivity contribution is 5.84. The molecule has 7 heteroatoms. The average Bonchev–Trinajstić information content (AvgIpc) is 3.22. The summed E-state index contributed by atoms with van der Waals surface area (Å²) in [6.07, 6.45) is -0.526. The van der Waals surface area contributed by atoms with E-state index in [4.69, 9.17) is 14.2 Å². The quantitative estimate of drug-likeness (QED) is 0.772. The van der Waals surface area contributed by atoms with Crippen LogP contribution in [0.1, 0.15) is 5.56 Å². The molecule has 150 valence electrons. The van der Waals surface area contributed by atoms with Gasteiger partial charge in [0.05, 0.1) is 0 Å². The summed E-state index contributed by atoms with van der Waals surface area (Å²) in [6, 6.07) is 15.1. The number of fused-ring (bicyclic) bond motifs is 2. The Morgan fingerprint density at radius 1 is 0.724 bits per heavy atom. The zero-order chi connectivity index (χ0) is 19.8. The zero-order valence-corrected chi connectivity index (χ0v) is 16.0. The first kappa shape index (κ1) is 17.8. The Morgan fingerprint density at radius 3 is 1.97 bits per heavy atom. The average molecular weight is 394 g/mol. The smallest absolute Gasteiger partial charge is 0.267 e. The molecule has 2 atom stereocenters. The van der Waals surface area contributed by atoms with Gasteiger partial charge in [-0.3, -0.25) is 9.59 Å². The van der Waals surface area contributed by atoms with Crippen LogP contribution in [0.2, 0.25) is 0 Å². The number of benzene rings is 2. The second-order valence-corrected chi connectivity index (χ2v) is 7.43. The summed E-state index contributed by atoms with van der Waals surface area (Å²) in [4.78, 5) is 29.2. The largest absolute Gasteiger partial charge is 0.485 e. The van der Waals surface area contributed by atoms with Crippen LogP contribution in [0.4, 0.5) is 0 Å². The lowest BCUT2D eigenvalue weighted by atomic mass is 10.1. The van der Waals surface area contributed by atoms with Crippen molar-refractivity contribution in [3.63, 3.8) is 0 Å². The molecule has 7 nitrogen and oxygen atoms in total. The molecule has 0 radical (unpaired) electrons. The van der Waals surface area contributed by atoms with Crippen LogP contribution in [-0.4, -0.2) is 66.6 Å². The monoisotopic (exact) mass is 394 g/mol. The molecular formula is C22H22N2O5. The van der Waals surface area contributed by atoms with Gasteiger partial charge in [0.25, 0.3) is 11.8 Å². The van der Waals surface area contributed by atoms with Gasteiger partial charge >= 0.3 is 0 Å². The second kappa shape index (κ2) is 7.31. The molecule has 0 bridgehead atoms. The maximum absolute atomic E-state index is 12.8. The van der Waals surface area contributed by atoms with Crippen LogP contribution in [0.3, 0.4) is 0 Å². The van der Waals surface area contributed by atoms with Gasteiger partial charge in [-0.05, 0) is 23.8 Å². The van der Waals surface area contributed by atoms with E-state index >= 15 is 0 Å². The van der Waals surface area contributed by atoms with E-state index < -0.39 is 12.2 Å². The minimum Gasteiger partial charge on any atom is -0.485 e. The zero-order valence-electron chi connectivity index (χ0n) is 16.0. The molecule has 3 aliphatic rings. The van der Waals surface area contributed by atoms with Gasteiger partial charge in [0.15, 0.2) is 17.6 Å². The molecule has 5 rings (SSSR count). The first-order valence-corrected chi connectivity index (χ1v) is 9.89. The van der Waals surface area contributed by atoms with Gasteiger partial charge < -0.3 is 24.0 Å². The second-order valence-electron chi connectivity index (χ2n) is 7.43. The van der Waals surface area contributed by atoms with Crippen LogP contribution in [0.25, 0.3) is 0 Å². The fourth-order valence-electron chi connectivity index (χ4n) is 4.02. The van der Waals surface area contributed by atoms with Crippen LogP contribution in [0, 0.1) is 0 Å². The van der Waals surface area contributed by atoms with E-state index in [9.17, 15) is 9.59 Å². The molecular weight excluding hydrogens is 372 g/mol. The lowest BCUT2D eigenvalue weighted by molar-refractivity contribution is -0.148. The van der Waals surface area contributed by atoms with Gasteiger partial charge in [0.2, 0.25) is 6.10 Å². The summed E-state index contributed by atoms with van der Waals surface area (Å²) in [6.45, 7) is 2.14. The standard InChI is InChI=1S/C22H22N2O5/c25-21(19-13-15-5-1-2-6-16(15)28-19)23-9-11-24(12-10-23)22(26)20-14-27-17-7-3-4-8-18(17)29-20/h1-8,19-20H,9-14H2/t19-,20+/m0/s1. The lowest BCUT2D eigenvalue weighted by Gasteiger charge is -2.37. The highest BCUT2D eigenvalue weighted by atomic mass is 16.6. The number of hydrogen-bond donors (Lipinski definition) is 0. The Morgan fingerprint density at radius 2 is 1.28 bits per heavy atom. The SMILES string of the molecule is O=C([C@@H]1Cc2ccccc2O1)N1CCN(C(=O)[C@H]2COc3ccccc3O2)CC1. The van der Waals surface area contributed by atoms with Crippen molar-refractivity contribution in [1.82, 2.24) is 9.80 Å². The van der Waals surface area contributed by atoms with Crippen molar-refractivity contribution in [1.29, 1.82) is 0 Å². The molecule has 0 unspecified atom stereocenters. The first-order valence-electron chi connectivity index (χ1n) is 9.89. The predicted molar refractivity (Wildman–Crippen MR) is 104 cm³/mol. The van der Waals surface area contributed by atoms with E-state index in [0.29, 0.717) is 44.1 Å². The third kappa shape index (κ3) is 3.37. The molecule has 29 heavy (non-hydrogen) atoms. The Labute approximate surface area is 168 Å². The number of amides is 2. The van der Waals surface area contributed by atoms with Crippen LogP contribution < -0.4 is 14.2 Å². The Balaban J connectivity index is 1.16. The van der Waals surface area contributed by atoms with E-state index in [-0.39, 0.29) is 18.4 Å². The van der Waals surface area contributed by atoms with Crippen molar-refractivity contribution in [2.45, 2.75) is 18.6 Å². The van der Waals surface area contributed by atoms with Crippen molar-refractivity contribution >= 4 is 11.8 Å². The first-order chi connectivity index (χ1) is 14.2. The number of carbonyl (C=O) groups is 2. The summed E-state index contributed by atoms with van der Waals surface area (Å²) in [5.41, 5.74) is 1.06. The van der Waals surface area contributed by atoms with Crippen molar-refractivity contribution in [2.75, 3.05) is 32.8 Å². The Bertz CT molecular complexity index is 913. The fraction of sp³-hybridized carbons (Fsp3) is 0.364. The highest BCUT2D eigenvalue weighted by Gasteiger charge is 2.36. The van der Waals surface area contributed by atoms with Crippen LogP contribution in [-0.2, 0) is 16.0 Å². The topological polar surface area (TPSA) is 68.3 Å². The Kier molecular flexibility index (Phi) is 4.50. The van der Waals surface area contributed by atoms with Crippen LogP contribution >= 0.6 is 0 Å². The molecule has 1 fully saturated rings. The molecule has 0 saturated carbocycles. The van der Waals surface area contributed by atoms with E-state index in [1.54, 1.807) is 15.9 Å². The summed E-state index contributed by atoms with van der Waals surface area (Å²) in [5.74, 6) is 1.92. The third-order valence-electron chi connectivity index (χ3n) is 5.61. The van der Waals surface area contributed by atoms with Crippen LogP contribution in [0.15, 0.2) is 48.5 Å².